The molecule has 0 saturated carbocycles. The second-order valence-corrected chi connectivity index (χ2v) is 5.46. The van der Waals surface area contributed by atoms with Crippen LogP contribution in [-0.2, 0) is 12.3 Å². The molecule has 0 spiro atoms. The first-order valence-electron chi connectivity index (χ1n) is 6.19. The van der Waals surface area contributed by atoms with Gasteiger partial charge >= 0.3 is 0 Å². The van der Waals surface area contributed by atoms with Gasteiger partial charge in [-0.15, -0.1) is 5.10 Å². The molecule has 2 aromatic rings. The van der Waals surface area contributed by atoms with Gasteiger partial charge in [0, 0.05) is 18.7 Å². The second-order valence-electron chi connectivity index (χ2n) is 4.52. The van der Waals surface area contributed by atoms with Gasteiger partial charge in [0.25, 0.3) is 0 Å². The molecule has 7 nitrogen and oxygen atoms in total. The highest BCUT2D eigenvalue weighted by Gasteiger charge is 2.09. The largest absolute Gasteiger partial charge is 0.360 e. The highest BCUT2D eigenvalue weighted by Crippen LogP contribution is 2.20. The Morgan fingerprint density at radius 1 is 1.47 bits per heavy atom. The third-order valence-corrected chi connectivity index (χ3v) is 3.37. The molecule has 0 amide bonds. The fourth-order valence-corrected chi connectivity index (χ4v) is 2.30. The van der Waals surface area contributed by atoms with Crippen molar-refractivity contribution in [1.29, 1.82) is 0 Å². The minimum Gasteiger partial charge on any atom is -0.360 e. The molecule has 0 aliphatic carbocycles. The number of rotatable bonds is 7. The number of nitrogens with zero attached hydrogens (tertiary/aromatic N) is 5. The van der Waals surface area contributed by atoms with Crippen molar-refractivity contribution in [3.63, 3.8) is 0 Å². The van der Waals surface area contributed by atoms with Crippen LogP contribution in [0.3, 0.4) is 0 Å². The van der Waals surface area contributed by atoms with Gasteiger partial charge in [-0.1, -0.05) is 30.8 Å². The lowest BCUT2D eigenvalue weighted by atomic mass is 10.4. The van der Waals surface area contributed by atoms with E-state index in [9.17, 15) is 0 Å². The first kappa shape index (κ1) is 14.0. The van der Waals surface area contributed by atoms with Crippen LogP contribution in [0.2, 0.25) is 0 Å². The van der Waals surface area contributed by atoms with Crippen LogP contribution in [0.5, 0.6) is 0 Å². The summed E-state index contributed by atoms with van der Waals surface area (Å²) in [7, 11) is 0. The van der Waals surface area contributed by atoms with Crippen LogP contribution < -0.4 is 5.32 Å². The van der Waals surface area contributed by atoms with Crippen molar-refractivity contribution >= 4 is 11.8 Å². The summed E-state index contributed by atoms with van der Waals surface area (Å²) in [6.07, 6.45) is 0. The number of aryl methyl sites for hydroxylation is 1. The van der Waals surface area contributed by atoms with E-state index in [1.807, 2.05) is 13.0 Å². The third kappa shape index (κ3) is 4.32. The minimum atomic E-state index is 0.463. The van der Waals surface area contributed by atoms with Crippen LogP contribution in [0.4, 0.5) is 0 Å². The molecule has 0 saturated heterocycles. The molecule has 0 aromatic carbocycles. The number of tetrazole rings is 1. The number of nitrogens with one attached hydrogen (secondary N) is 1. The van der Waals surface area contributed by atoms with E-state index in [2.05, 4.69) is 39.8 Å². The van der Waals surface area contributed by atoms with Crippen LogP contribution >= 0.6 is 11.8 Å². The van der Waals surface area contributed by atoms with Gasteiger partial charge in [0.15, 0.2) is 0 Å². The summed E-state index contributed by atoms with van der Waals surface area (Å²) in [5.41, 5.74) is 0.885. The molecule has 1 N–H and O–H groups in total. The lowest BCUT2D eigenvalue weighted by molar-refractivity contribution is 0.390. The zero-order valence-electron chi connectivity index (χ0n) is 11.3. The molecule has 0 fully saturated rings. The van der Waals surface area contributed by atoms with Gasteiger partial charge in [-0.3, -0.25) is 0 Å². The third-order valence-electron chi connectivity index (χ3n) is 2.40. The summed E-state index contributed by atoms with van der Waals surface area (Å²) >= 11 is 1.54. The summed E-state index contributed by atoms with van der Waals surface area (Å²) < 4.78 is 6.95. The average molecular weight is 282 g/mol. The van der Waals surface area contributed by atoms with Crippen LogP contribution in [0.15, 0.2) is 15.7 Å². The Morgan fingerprint density at radius 2 is 2.32 bits per heavy atom. The Balaban J connectivity index is 1.85. The molecule has 0 aliphatic rings. The van der Waals surface area contributed by atoms with Crippen molar-refractivity contribution in [3.05, 3.63) is 17.5 Å². The molecule has 0 bridgehead atoms. The lowest BCUT2D eigenvalue weighted by Crippen LogP contribution is -2.27. The predicted octanol–water partition coefficient (Wildman–Crippen LogP) is 1.26. The van der Waals surface area contributed by atoms with Crippen LogP contribution in [0, 0.1) is 6.92 Å². The highest BCUT2D eigenvalue weighted by molar-refractivity contribution is 7.98. The fourth-order valence-electron chi connectivity index (χ4n) is 1.52. The molecule has 2 heterocycles. The van der Waals surface area contributed by atoms with Crippen LogP contribution in [0.25, 0.3) is 0 Å². The SMILES string of the molecule is Cc1cc(CSc2nnnn2CCNC(C)C)on1. The molecule has 2 aromatic heterocycles. The van der Waals surface area contributed by atoms with Gasteiger partial charge in [0.2, 0.25) is 5.16 Å². The predicted molar refractivity (Wildman–Crippen MR) is 71.8 cm³/mol. The maximum Gasteiger partial charge on any atom is 0.209 e. The van der Waals surface area contributed by atoms with E-state index >= 15 is 0 Å². The van der Waals surface area contributed by atoms with Gasteiger partial charge in [-0.05, 0) is 17.4 Å². The van der Waals surface area contributed by atoms with Gasteiger partial charge in [0.1, 0.15) is 5.76 Å². The monoisotopic (exact) mass is 282 g/mol. The normalized spacial score (nSPS) is 11.4. The van der Waals surface area contributed by atoms with Crippen molar-refractivity contribution in [2.75, 3.05) is 6.54 Å². The van der Waals surface area contributed by atoms with Gasteiger partial charge in [-0.25, -0.2) is 4.68 Å². The van der Waals surface area contributed by atoms with E-state index in [0.717, 1.165) is 29.7 Å². The van der Waals surface area contributed by atoms with Crippen molar-refractivity contribution in [1.82, 2.24) is 30.7 Å². The number of aromatic nitrogens is 5. The van der Waals surface area contributed by atoms with E-state index in [1.165, 1.54) is 0 Å². The highest BCUT2D eigenvalue weighted by atomic mass is 32.2. The van der Waals surface area contributed by atoms with Crippen molar-refractivity contribution in [2.45, 2.75) is 44.3 Å². The quantitative estimate of drug-likeness (QED) is 0.765. The standard InChI is InChI=1S/C11H18N6OS/c1-8(2)12-4-5-17-11(13-15-16-17)19-7-10-6-9(3)14-18-10/h6,8,12H,4-5,7H2,1-3H3. The Morgan fingerprint density at radius 3 is 3.00 bits per heavy atom. The molecular weight excluding hydrogens is 264 g/mol. The molecule has 104 valence electrons. The Kier molecular flexibility index (Phi) is 4.92. The van der Waals surface area contributed by atoms with Gasteiger partial charge in [0.05, 0.1) is 18.0 Å². The van der Waals surface area contributed by atoms with Crippen molar-refractivity contribution in [3.8, 4) is 0 Å². The summed E-state index contributed by atoms with van der Waals surface area (Å²) in [4.78, 5) is 0. The second kappa shape index (κ2) is 6.67. The van der Waals surface area contributed by atoms with Crippen molar-refractivity contribution in [2.24, 2.45) is 0 Å². The minimum absolute atomic E-state index is 0.463. The zero-order valence-corrected chi connectivity index (χ0v) is 12.1. The first-order chi connectivity index (χ1) is 9.15. The smallest absolute Gasteiger partial charge is 0.209 e. The van der Waals surface area contributed by atoms with Gasteiger partial charge < -0.3 is 9.84 Å². The molecule has 19 heavy (non-hydrogen) atoms. The van der Waals surface area contributed by atoms with E-state index in [1.54, 1.807) is 16.4 Å². The summed E-state index contributed by atoms with van der Waals surface area (Å²) in [5.74, 6) is 1.51. The van der Waals surface area contributed by atoms with Crippen LogP contribution in [0.1, 0.15) is 25.3 Å². The average Bonchev–Trinajstić information content (AvgIpc) is 2.95. The summed E-state index contributed by atoms with van der Waals surface area (Å²) in [5, 5.41) is 19.7. The molecule has 0 aliphatic heterocycles. The molecule has 0 unspecified atom stereocenters. The Hall–Kier alpha value is -1.41. The topological polar surface area (TPSA) is 81.7 Å². The van der Waals surface area contributed by atoms with Gasteiger partial charge in [-0.2, -0.15) is 0 Å². The summed E-state index contributed by atoms with van der Waals surface area (Å²) in [6.45, 7) is 7.73. The fraction of sp³-hybridized carbons (Fsp3) is 0.636. The van der Waals surface area contributed by atoms with E-state index in [-0.39, 0.29) is 0 Å². The molecule has 0 radical (unpaired) electrons. The van der Waals surface area contributed by atoms with E-state index in [0.29, 0.717) is 11.8 Å². The first-order valence-corrected chi connectivity index (χ1v) is 7.18. The maximum absolute atomic E-state index is 5.15. The van der Waals surface area contributed by atoms with Crippen LogP contribution in [-0.4, -0.2) is 38.0 Å². The van der Waals surface area contributed by atoms with E-state index < -0.39 is 0 Å². The Bertz CT molecular complexity index is 509. The summed E-state index contributed by atoms with van der Waals surface area (Å²) in [6, 6.07) is 2.38. The molecule has 8 heteroatoms. The molecular formula is C11H18N6OS. The molecule has 2 rings (SSSR count). The zero-order chi connectivity index (χ0) is 13.7. The Labute approximate surface area is 116 Å². The molecule has 0 atom stereocenters. The van der Waals surface area contributed by atoms with Crippen molar-refractivity contribution < 1.29 is 4.52 Å². The number of thioether (sulfide) groups is 1. The maximum atomic E-state index is 5.15. The van der Waals surface area contributed by atoms with E-state index in [4.69, 9.17) is 4.52 Å². The lowest BCUT2D eigenvalue weighted by Gasteiger charge is -2.08. The number of hydrogen-bond acceptors (Lipinski definition) is 7. The number of hydrogen-bond donors (Lipinski definition) is 1.